The van der Waals surface area contributed by atoms with Gasteiger partial charge in [-0.05, 0) is 12.5 Å². The van der Waals surface area contributed by atoms with Gasteiger partial charge in [0.05, 0.1) is 11.3 Å². The largest absolute Gasteiger partial charge is 0.478 e. The van der Waals surface area contributed by atoms with Crippen molar-refractivity contribution < 1.29 is 27.7 Å². The van der Waals surface area contributed by atoms with Crippen molar-refractivity contribution in [2.24, 2.45) is 0 Å². The van der Waals surface area contributed by atoms with E-state index in [0.29, 0.717) is 24.3 Å². The van der Waals surface area contributed by atoms with Crippen molar-refractivity contribution in [3.8, 4) is 0 Å². The first-order chi connectivity index (χ1) is 9.81. The topological polar surface area (TPSA) is 95.5 Å². The molecule has 0 aliphatic carbocycles. The first-order valence-electron chi connectivity index (χ1n) is 5.88. The maximum atomic E-state index is 13.4. The number of aromatic carboxylic acids is 1. The number of carboxylic acid groups (broad SMARTS) is 1. The third-order valence-corrected chi connectivity index (χ3v) is 3.29. The van der Waals surface area contributed by atoms with Crippen LogP contribution in [0.4, 0.5) is 19.3 Å². The van der Waals surface area contributed by atoms with E-state index in [-0.39, 0.29) is 6.54 Å². The Bertz CT molecular complexity index is 581. The number of urea groups is 1. The molecule has 116 valence electrons. The lowest BCUT2D eigenvalue weighted by atomic mass is 10.2. The molecule has 0 radical (unpaired) electrons. The minimum atomic E-state index is -1.57. The molecule has 0 fully saturated rings. The van der Waals surface area contributed by atoms with E-state index in [4.69, 9.17) is 5.11 Å². The van der Waals surface area contributed by atoms with Crippen molar-refractivity contribution >= 4 is 28.5 Å². The number of amides is 2. The van der Waals surface area contributed by atoms with E-state index < -0.39 is 45.7 Å². The highest BCUT2D eigenvalue weighted by atomic mass is 32.2. The summed E-state index contributed by atoms with van der Waals surface area (Å²) < 4.78 is 37.4. The zero-order valence-electron chi connectivity index (χ0n) is 11.1. The van der Waals surface area contributed by atoms with Crippen molar-refractivity contribution in [2.75, 3.05) is 23.9 Å². The van der Waals surface area contributed by atoms with E-state index in [9.17, 15) is 22.6 Å². The van der Waals surface area contributed by atoms with Gasteiger partial charge in [0.1, 0.15) is 11.6 Å². The molecule has 2 amide bonds. The SMILES string of the molecule is CS(=O)CCCNC(=O)Nc1cc(C(=O)O)c(F)cc1F. The number of anilines is 1. The number of carbonyl (C=O) groups is 2. The van der Waals surface area contributed by atoms with Gasteiger partial charge < -0.3 is 15.7 Å². The van der Waals surface area contributed by atoms with E-state index in [1.165, 1.54) is 6.26 Å². The smallest absolute Gasteiger partial charge is 0.338 e. The highest BCUT2D eigenvalue weighted by Crippen LogP contribution is 2.19. The average Bonchev–Trinajstić information content (AvgIpc) is 2.37. The number of hydrogen-bond donors (Lipinski definition) is 3. The molecule has 1 aromatic rings. The first kappa shape index (κ1) is 17.0. The highest BCUT2D eigenvalue weighted by molar-refractivity contribution is 7.84. The fourth-order valence-electron chi connectivity index (χ4n) is 1.45. The van der Waals surface area contributed by atoms with Crippen molar-refractivity contribution in [1.82, 2.24) is 5.32 Å². The van der Waals surface area contributed by atoms with Gasteiger partial charge in [-0.3, -0.25) is 4.21 Å². The fraction of sp³-hybridized carbons (Fsp3) is 0.333. The molecule has 0 spiro atoms. The van der Waals surface area contributed by atoms with Gasteiger partial charge in [-0.25, -0.2) is 18.4 Å². The second-order valence-corrected chi connectivity index (χ2v) is 5.68. The summed E-state index contributed by atoms with van der Waals surface area (Å²) in [5.41, 5.74) is -1.18. The molecular weight excluding hydrogens is 306 g/mol. The molecule has 1 aromatic carbocycles. The molecule has 9 heteroatoms. The monoisotopic (exact) mass is 320 g/mol. The van der Waals surface area contributed by atoms with Crippen LogP contribution in [0.1, 0.15) is 16.8 Å². The Morgan fingerprint density at radius 3 is 2.52 bits per heavy atom. The summed E-state index contributed by atoms with van der Waals surface area (Å²) in [5, 5.41) is 13.2. The predicted octanol–water partition coefficient (Wildman–Crippen LogP) is 1.55. The normalized spacial score (nSPS) is 11.8. The van der Waals surface area contributed by atoms with Crippen LogP contribution in [0.25, 0.3) is 0 Å². The summed E-state index contributed by atoms with van der Waals surface area (Å²) in [6.07, 6.45) is 2.00. The summed E-state index contributed by atoms with van der Waals surface area (Å²) in [4.78, 5) is 22.2. The van der Waals surface area contributed by atoms with E-state index in [2.05, 4.69) is 10.6 Å². The lowest BCUT2D eigenvalue weighted by Crippen LogP contribution is -2.30. The molecule has 0 heterocycles. The first-order valence-corrected chi connectivity index (χ1v) is 7.61. The molecule has 1 atom stereocenters. The lowest BCUT2D eigenvalue weighted by molar-refractivity contribution is 0.0691. The Morgan fingerprint density at radius 1 is 1.29 bits per heavy atom. The van der Waals surface area contributed by atoms with Crippen molar-refractivity contribution in [3.05, 3.63) is 29.3 Å². The van der Waals surface area contributed by atoms with Gasteiger partial charge in [0.2, 0.25) is 0 Å². The van der Waals surface area contributed by atoms with Gasteiger partial charge in [0.15, 0.2) is 0 Å². The number of carboxylic acids is 1. The molecule has 0 saturated heterocycles. The molecule has 0 aliphatic heterocycles. The maximum absolute atomic E-state index is 13.4. The Morgan fingerprint density at radius 2 is 1.95 bits per heavy atom. The Hall–Kier alpha value is -2.03. The lowest BCUT2D eigenvalue weighted by Gasteiger charge is -2.09. The third kappa shape index (κ3) is 5.46. The zero-order chi connectivity index (χ0) is 16.0. The number of benzene rings is 1. The van der Waals surface area contributed by atoms with Crippen LogP contribution in [-0.4, -0.2) is 39.9 Å². The molecule has 0 aromatic heterocycles. The van der Waals surface area contributed by atoms with E-state index in [1.807, 2.05) is 0 Å². The van der Waals surface area contributed by atoms with E-state index in [0.717, 1.165) is 0 Å². The van der Waals surface area contributed by atoms with Crippen molar-refractivity contribution in [1.29, 1.82) is 0 Å². The van der Waals surface area contributed by atoms with Crippen LogP contribution in [0, 0.1) is 11.6 Å². The molecular formula is C12H14F2N2O4S. The Balaban J connectivity index is 2.65. The quantitative estimate of drug-likeness (QED) is 0.693. The van der Waals surface area contributed by atoms with Crippen LogP contribution in [0.5, 0.6) is 0 Å². The van der Waals surface area contributed by atoms with Crippen molar-refractivity contribution in [3.63, 3.8) is 0 Å². The molecule has 0 bridgehead atoms. The van der Waals surface area contributed by atoms with Crippen LogP contribution >= 0.6 is 0 Å². The summed E-state index contributed by atoms with van der Waals surface area (Å²) in [5.74, 6) is -3.46. The van der Waals surface area contributed by atoms with Gasteiger partial charge >= 0.3 is 12.0 Å². The molecule has 21 heavy (non-hydrogen) atoms. The summed E-state index contributed by atoms with van der Waals surface area (Å²) >= 11 is 0. The van der Waals surface area contributed by atoms with Gasteiger partial charge in [0.25, 0.3) is 0 Å². The molecule has 3 N–H and O–H groups in total. The zero-order valence-corrected chi connectivity index (χ0v) is 11.9. The average molecular weight is 320 g/mol. The Labute approximate surface area is 122 Å². The number of carbonyl (C=O) groups excluding carboxylic acids is 1. The van der Waals surface area contributed by atoms with Gasteiger partial charge in [0, 0.05) is 35.4 Å². The second kappa shape index (κ2) is 7.67. The van der Waals surface area contributed by atoms with Crippen LogP contribution in [0.15, 0.2) is 12.1 Å². The predicted molar refractivity (Wildman–Crippen MR) is 73.9 cm³/mol. The minimum Gasteiger partial charge on any atom is -0.478 e. The maximum Gasteiger partial charge on any atom is 0.338 e. The van der Waals surface area contributed by atoms with Crippen LogP contribution < -0.4 is 10.6 Å². The number of hydrogen-bond acceptors (Lipinski definition) is 3. The molecule has 1 unspecified atom stereocenters. The minimum absolute atomic E-state index is 0.222. The molecule has 6 nitrogen and oxygen atoms in total. The standard InChI is InChI=1S/C12H14F2N2O4S/c1-21(20)4-2-3-15-12(19)16-10-5-7(11(17)18)8(13)6-9(10)14/h5-6H,2-4H2,1H3,(H,17,18)(H2,15,16,19). The highest BCUT2D eigenvalue weighted by Gasteiger charge is 2.16. The summed E-state index contributed by atoms with van der Waals surface area (Å²) in [6.45, 7) is 0.222. The van der Waals surface area contributed by atoms with Crippen molar-refractivity contribution in [2.45, 2.75) is 6.42 Å². The Kier molecular flexibility index (Phi) is 6.22. The molecule has 0 saturated carbocycles. The second-order valence-electron chi connectivity index (χ2n) is 4.13. The van der Waals surface area contributed by atoms with E-state index >= 15 is 0 Å². The molecule has 1 rings (SSSR count). The number of nitrogens with one attached hydrogen (secondary N) is 2. The van der Waals surface area contributed by atoms with E-state index in [1.54, 1.807) is 0 Å². The molecule has 0 aliphatic rings. The summed E-state index contributed by atoms with van der Waals surface area (Å²) in [7, 11) is -0.972. The number of halogens is 2. The van der Waals surface area contributed by atoms with Crippen LogP contribution in [0.3, 0.4) is 0 Å². The van der Waals surface area contributed by atoms with Gasteiger partial charge in [-0.2, -0.15) is 0 Å². The summed E-state index contributed by atoms with van der Waals surface area (Å²) in [6, 6.07) is 0.325. The number of rotatable bonds is 6. The van der Waals surface area contributed by atoms with Gasteiger partial charge in [-0.15, -0.1) is 0 Å². The fourth-order valence-corrected chi connectivity index (χ4v) is 2.00. The van der Waals surface area contributed by atoms with Crippen LogP contribution in [-0.2, 0) is 10.8 Å². The third-order valence-electron chi connectivity index (χ3n) is 2.43. The van der Waals surface area contributed by atoms with Gasteiger partial charge in [-0.1, -0.05) is 0 Å². The van der Waals surface area contributed by atoms with Crippen LogP contribution in [0.2, 0.25) is 0 Å².